The van der Waals surface area contributed by atoms with Gasteiger partial charge in [0.15, 0.2) is 0 Å². The van der Waals surface area contributed by atoms with E-state index in [1.165, 1.54) is 11.4 Å². The summed E-state index contributed by atoms with van der Waals surface area (Å²) < 4.78 is 48.3. The van der Waals surface area contributed by atoms with Gasteiger partial charge in [-0.3, -0.25) is 0 Å². The lowest BCUT2D eigenvalue weighted by Crippen LogP contribution is -2.28. The Hall–Kier alpha value is -1.99. The van der Waals surface area contributed by atoms with Gasteiger partial charge in [-0.25, -0.2) is 9.13 Å². The summed E-state index contributed by atoms with van der Waals surface area (Å²) in [7, 11) is -0.239. The fourth-order valence-corrected chi connectivity index (χ4v) is 1.74. The van der Waals surface area contributed by atoms with Gasteiger partial charge in [0.05, 0.1) is 26.8 Å². The second-order valence-corrected chi connectivity index (χ2v) is 4.07. The summed E-state index contributed by atoms with van der Waals surface area (Å²) in [6.45, 7) is 0. The van der Waals surface area contributed by atoms with Gasteiger partial charge < -0.3 is 22.0 Å². The molecule has 0 atom stereocenters. The van der Waals surface area contributed by atoms with Crippen molar-refractivity contribution < 1.29 is 26.6 Å². The van der Waals surface area contributed by atoms with Gasteiger partial charge in [0.2, 0.25) is 0 Å². The minimum Gasteiger partial charge on any atom is -0.497 e. The van der Waals surface area contributed by atoms with E-state index in [-0.39, 0.29) is 0 Å². The maximum atomic E-state index is 9.75. The van der Waals surface area contributed by atoms with Crippen molar-refractivity contribution in [2.45, 2.75) is 0 Å². The van der Waals surface area contributed by atoms with E-state index in [2.05, 4.69) is 21.3 Å². The smallest absolute Gasteiger partial charge is 0.497 e. The number of aryl methyl sites for hydroxylation is 2. The zero-order valence-electron chi connectivity index (χ0n) is 11.4. The number of benzene rings is 1. The fourth-order valence-electron chi connectivity index (χ4n) is 1.74. The van der Waals surface area contributed by atoms with Crippen molar-refractivity contribution in [2.75, 3.05) is 7.11 Å². The van der Waals surface area contributed by atoms with Gasteiger partial charge in [0, 0.05) is 0 Å². The van der Waals surface area contributed by atoms with E-state index in [1.807, 2.05) is 38.6 Å². The molecule has 3 nitrogen and oxygen atoms in total. The van der Waals surface area contributed by atoms with Crippen molar-refractivity contribution in [3.8, 4) is 17.1 Å². The molecule has 1 aromatic carbocycles. The lowest BCUT2D eigenvalue weighted by molar-refractivity contribution is -0.659. The van der Waals surface area contributed by atoms with E-state index in [4.69, 9.17) is 4.74 Å². The Kier molecular flexibility index (Phi) is 5.18. The average Bonchev–Trinajstić information content (AvgIpc) is 2.67. The first-order valence-corrected chi connectivity index (χ1v) is 5.75. The normalized spacial score (nSPS) is 10.8. The lowest BCUT2D eigenvalue weighted by atomic mass is 10.2. The van der Waals surface area contributed by atoms with Crippen LogP contribution < -0.4 is 9.30 Å². The molecular weight excluding hydrogens is 275 g/mol. The van der Waals surface area contributed by atoms with Crippen molar-refractivity contribution in [3.05, 3.63) is 36.7 Å². The largest absolute Gasteiger partial charge is 0.673 e. The van der Waals surface area contributed by atoms with Crippen LogP contribution in [-0.2, 0) is 14.1 Å². The second kappa shape index (κ2) is 6.45. The molecule has 0 bridgehead atoms. The number of hydrogen-bond donors (Lipinski definition) is 0. The van der Waals surface area contributed by atoms with Crippen LogP contribution in [-0.4, -0.2) is 18.9 Å². The molecule has 2 rings (SSSR count). The van der Waals surface area contributed by atoms with Crippen LogP contribution in [0.3, 0.4) is 0 Å². The standard InChI is InChI=1S/C12H15N2O.BF4/c1-13-8-9-14(2)12(13)10-4-6-11(15-3)7-5-10;2-1(3,4)5/h4-9H,1-3H3;/q+1;-1. The van der Waals surface area contributed by atoms with E-state index in [9.17, 15) is 17.3 Å². The summed E-state index contributed by atoms with van der Waals surface area (Å²) in [4.78, 5) is 0. The molecule has 0 radical (unpaired) electrons. The molecule has 0 aliphatic heterocycles. The first-order chi connectivity index (χ1) is 9.22. The number of imidazole rings is 1. The number of aromatic nitrogens is 2. The molecule has 0 aliphatic rings. The van der Waals surface area contributed by atoms with Crippen molar-refractivity contribution in [3.63, 3.8) is 0 Å². The zero-order valence-corrected chi connectivity index (χ0v) is 11.4. The Balaban J connectivity index is 0.000000347. The van der Waals surface area contributed by atoms with Crippen LogP contribution >= 0.6 is 0 Å². The minimum atomic E-state index is -6.00. The summed E-state index contributed by atoms with van der Waals surface area (Å²) in [5, 5.41) is 0. The van der Waals surface area contributed by atoms with Crippen molar-refractivity contribution in [1.82, 2.24) is 4.57 Å². The molecule has 8 heteroatoms. The number of halogens is 4. The van der Waals surface area contributed by atoms with E-state index >= 15 is 0 Å². The molecular formula is C12H15BF4N2O. The monoisotopic (exact) mass is 290 g/mol. The number of ether oxygens (including phenoxy) is 1. The highest BCUT2D eigenvalue weighted by molar-refractivity contribution is 6.50. The van der Waals surface area contributed by atoms with Gasteiger partial charge in [-0.05, 0) is 24.3 Å². The highest BCUT2D eigenvalue weighted by Crippen LogP contribution is 2.18. The highest BCUT2D eigenvalue weighted by atomic mass is 19.5. The SMILES string of the molecule is COc1ccc(-c2n(C)cc[n+]2C)cc1.F[B-](F)(F)F. The summed E-state index contributed by atoms with van der Waals surface area (Å²) in [6.07, 6.45) is 4.08. The second-order valence-electron chi connectivity index (χ2n) is 4.07. The maximum Gasteiger partial charge on any atom is 0.673 e. The molecule has 0 saturated heterocycles. The number of methoxy groups -OCH3 is 1. The highest BCUT2D eigenvalue weighted by Gasteiger charge is 2.20. The van der Waals surface area contributed by atoms with Crippen LogP contribution in [0.5, 0.6) is 5.75 Å². The number of nitrogens with zero attached hydrogens (tertiary/aromatic N) is 2. The molecule has 1 aromatic heterocycles. The molecule has 0 amide bonds. The molecule has 0 aliphatic carbocycles. The quantitative estimate of drug-likeness (QED) is 0.472. The summed E-state index contributed by atoms with van der Waals surface area (Å²) >= 11 is 0. The van der Waals surface area contributed by atoms with E-state index in [1.54, 1.807) is 7.11 Å². The van der Waals surface area contributed by atoms with Gasteiger partial charge >= 0.3 is 7.25 Å². The molecule has 0 fully saturated rings. The van der Waals surface area contributed by atoms with E-state index in [0.29, 0.717) is 0 Å². The Morgan fingerprint density at radius 3 is 1.95 bits per heavy atom. The third-order valence-corrected chi connectivity index (χ3v) is 2.53. The van der Waals surface area contributed by atoms with Crippen LogP contribution in [0.2, 0.25) is 0 Å². The lowest BCUT2D eigenvalue weighted by Gasteiger charge is -2.01. The fraction of sp³-hybridized carbons (Fsp3) is 0.250. The van der Waals surface area contributed by atoms with Crippen LogP contribution in [0, 0.1) is 0 Å². The van der Waals surface area contributed by atoms with Crippen molar-refractivity contribution >= 4 is 7.25 Å². The first kappa shape index (κ1) is 16.1. The van der Waals surface area contributed by atoms with Crippen molar-refractivity contribution in [2.24, 2.45) is 14.1 Å². The minimum absolute atomic E-state index is 0.885. The molecule has 0 spiro atoms. The van der Waals surface area contributed by atoms with E-state index in [0.717, 1.165) is 5.75 Å². The third-order valence-electron chi connectivity index (χ3n) is 2.53. The van der Waals surface area contributed by atoms with Crippen LogP contribution in [0.15, 0.2) is 36.7 Å². The molecule has 1 heterocycles. The number of hydrogen-bond acceptors (Lipinski definition) is 1. The van der Waals surface area contributed by atoms with Crippen LogP contribution in [0.1, 0.15) is 0 Å². The molecule has 110 valence electrons. The summed E-state index contributed by atoms with van der Waals surface area (Å²) in [6, 6.07) is 8.08. The predicted molar refractivity (Wildman–Crippen MR) is 68.8 cm³/mol. The third kappa shape index (κ3) is 4.95. The number of rotatable bonds is 2. The van der Waals surface area contributed by atoms with Gasteiger partial charge in [-0.15, -0.1) is 0 Å². The van der Waals surface area contributed by atoms with Crippen LogP contribution in [0.4, 0.5) is 17.3 Å². The predicted octanol–water partition coefficient (Wildman–Crippen LogP) is 2.83. The van der Waals surface area contributed by atoms with Gasteiger partial charge in [-0.1, -0.05) is 0 Å². The average molecular weight is 290 g/mol. The molecule has 0 N–H and O–H groups in total. The summed E-state index contributed by atoms with van der Waals surface area (Å²) in [5.41, 5.74) is 1.19. The zero-order chi connectivity index (χ0) is 15.3. The molecule has 2 aromatic rings. The van der Waals surface area contributed by atoms with Gasteiger partial charge in [-0.2, -0.15) is 0 Å². The van der Waals surface area contributed by atoms with Crippen molar-refractivity contribution in [1.29, 1.82) is 0 Å². The Morgan fingerprint density at radius 2 is 1.60 bits per heavy atom. The van der Waals surface area contributed by atoms with Gasteiger partial charge in [0.1, 0.15) is 18.1 Å². The molecule has 0 unspecified atom stereocenters. The van der Waals surface area contributed by atoms with Crippen LogP contribution in [0.25, 0.3) is 11.4 Å². The molecule has 0 saturated carbocycles. The Bertz CT molecular complexity index is 526. The summed E-state index contributed by atoms with van der Waals surface area (Å²) in [5.74, 6) is 2.06. The molecule has 20 heavy (non-hydrogen) atoms. The topological polar surface area (TPSA) is 18.0 Å². The first-order valence-electron chi connectivity index (χ1n) is 5.75. The Labute approximate surface area is 114 Å². The van der Waals surface area contributed by atoms with E-state index < -0.39 is 7.25 Å². The van der Waals surface area contributed by atoms with Gasteiger partial charge in [0.25, 0.3) is 5.82 Å². The Morgan fingerprint density at radius 1 is 1.10 bits per heavy atom. The maximum absolute atomic E-state index is 9.75.